The summed E-state index contributed by atoms with van der Waals surface area (Å²) in [6.07, 6.45) is 0. The van der Waals surface area contributed by atoms with E-state index in [0.717, 1.165) is 0 Å². The van der Waals surface area contributed by atoms with E-state index in [-0.39, 0.29) is 23.1 Å². The van der Waals surface area contributed by atoms with Crippen molar-refractivity contribution < 1.29 is 29.4 Å². The van der Waals surface area contributed by atoms with E-state index in [9.17, 15) is 29.4 Å². The summed E-state index contributed by atoms with van der Waals surface area (Å²) in [6.45, 7) is 9.20. The summed E-state index contributed by atoms with van der Waals surface area (Å²) in [5.41, 5.74) is -1.64. The van der Waals surface area contributed by atoms with Crippen LogP contribution in [0.2, 0.25) is 0 Å². The average molecular weight is 283 g/mol. The van der Waals surface area contributed by atoms with Crippen molar-refractivity contribution in [2.45, 2.75) is 41.5 Å². The van der Waals surface area contributed by atoms with Gasteiger partial charge in [-0.2, -0.15) is 0 Å². The fourth-order valence-electron chi connectivity index (χ4n) is 0.612. The van der Waals surface area contributed by atoms with E-state index < -0.39 is 34.3 Å². The molecule has 0 fully saturated rings. The molecule has 0 unspecified atom stereocenters. The summed E-state index contributed by atoms with van der Waals surface area (Å²) in [4.78, 5) is 40.8. The van der Waals surface area contributed by atoms with Crippen LogP contribution in [0.15, 0.2) is 0 Å². The Labute approximate surface area is 128 Å². The Morgan fingerprint density at radius 3 is 0.789 bits per heavy atom. The van der Waals surface area contributed by atoms with Crippen molar-refractivity contribution in [3.8, 4) is 0 Å². The van der Waals surface area contributed by atoms with Gasteiger partial charge in [-0.25, -0.2) is 0 Å². The quantitative estimate of drug-likeness (QED) is 0.441. The van der Waals surface area contributed by atoms with E-state index in [2.05, 4.69) is 0 Å². The van der Waals surface area contributed by atoms with Gasteiger partial charge >= 0.3 is 23.1 Å². The Balaban J connectivity index is -0.000000256. The summed E-state index contributed by atoms with van der Waals surface area (Å²) in [5, 5.41) is 19.8. The molecule has 0 aromatic heterocycles. The van der Waals surface area contributed by atoms with Crippen LogP contribution in [0.3, 0.4) is 0 Å². The summed E-state index contributed by atoms with van der Waals surface area (Å²) in [5.74, 6) is -4.94. The van der Waals surface area contributed by atoms with Crippen LogP contribution in [0.5, 0.6) is 0 Å². The summed E-state index contributed by atoms with van der Waals surface area (Å²) >= 11 is 0. The van der Waals surface area contributed by atoms with Crippen molar-refractivity contribution in [2.24, 2.45) is 10.8 Å². The van der Waals surface area contributed by atoms with Crippen molar-refractivity contribution in [1.29, 1.82) is 0 Å². The second kappa shape index (κ2) is 8.26. The molecule has 6 nitrogen and oxygen atoms in total. The van der Waals surface area contributed by atoms with Gasteiger partial charge in [0, 0.05) is 10.8 Å². The number of Topliss-reactive ketones (excluding diaryl/α,β-unsaturated/α-hetero) is 2. The van der Waals surface area contributed by atoms with Crippen molar-refractivity contribution >= 4 is 46.6 Å². The van der Waals surface area contributed by atoms with Crippen LogP contribution in [0.4, 0.5) is 0 Å². The van der Waals surface area contributed by atoms with Crippen molar-refractivity contribution in [2.75, 3.05) is 0 Å². The smallest absolute Gasteiger partial charge is 0.542 e. The number of hydrogen-bond donors (Lipinski definition) is 0. The van der Waals surface area contributed by atoms with Crippen LogP contribution in [0, 0.1) is 10.8 Å². The molecule has 0 heterocycles. The van der Waals surface area contributed by atoms with Gasteiger partial charge in [0.2, 0.25) is 0 Å². The molecule has 104 valence electrons. The zero-order valence-electron chi connectivity index (χ0n) is 12.2. The van der Waals surface area contributed by atoms with E-state index in [1.807, 2.05) is 0 Å². The standard InChI is InChI=1S/2C6H10O3.Mg/c2*1-6(2,3)4(7)5(8)9;/h2*1-3H3,(H,8,9);/q;;+2/p-2. The Morgan fingerprint density at radius 1 is 0.632 bits per heavy atom. The van der Waals surface area contributed by atoms with Crippen LogP contribution in [0.25, 0.3) is 0 Å². The first-order chi connectivity index (χ1) is 7.71. The molecule has 0 radical (unpaired) electrons. The molecule has 0 N–H and O–H groups in total. The number of ketones is 2. The van der Waals surface area contributed by atoms with Crippen LogP contribution in [0.1, 0.15) is 41.5 Å². The molecule has 0 rings (SSSR count). The molecule has 7 heteroatoms. The van der Waals surface area contributed by atoms with E-state index in [4.69, 9.17) is 0 Å². The summed E-state index contributed by atoms with van der Waals surface area (Å²) in [6, 6.07) is 0. The molecule has 0 aromatic carbocycles. The van der Waals surface area contributed by atoms with E-state index in [1.165, 1.54) is 41.5 Å². The molecule has 0 atom stereocenters. The molecule has 0 aliphatic carbocycles. The van der Waals surface area contributed by atoms with Gasteiger partial charge in [0.15, 0.2) is 11.6 Å². The van der Waals surface area contributed by atoms with Crippen molar-refractivity contribution in [1.82, 2.24) is 0 Å². The Bertz CT molecular complexity index is 323. The summed E-state index contributed by atoms with van der Waals surface area (Å²) in [7, 11) is 0. The molecular formula is C12H18MgO6. The Kier molecular flexibility index (Phi) is 10.1. The number of hydrogen-bond acceptors (Lipinski definition) is 6. The Hall–Kier alpha value is -0.954. The van der Waals surface area contributed by atoms with Crippen LogP contribution in [-0.2, 0) is 19.2 Å². The minimum Gasteiger partial charge on any atom is -0.542 e. The van der Waals surface area contributed by atoms with Gasteiger partial charge in [-0.1, -0.05) is 41.5 Å². The minimum absolute atomic E-state index is 0. The third-order valence-electron chi connectivity index (χ3n) is 1.73. The van der Waals surface area contributed by atoms with E-state index in [1.54, 1.807) is 0 Å². The zero-order valence-corrected chi connectivity index (χ0v) is 13.6. The number of carbonyl (C=O) groups is 4. The molecule has 19 heavy (non-hydrogen) atoms. The summed E-state index contributed by atoms with van der Waals surface area (Å²) < 4.78 is 0. The number of carboxylic acid groups (broad SMARTS) is 2. The first kappa shape index (κ1) is 23.2. The van der Waals surface area contributed by atoms with Gasteiger partial charge in [0.1, 0.15) is 11.9 Å². The molecule has 0 saturated carbocycles. The third kappa shape index (κ3) is 10.6. The fraction of sp³-hybridized carbons (Fsp3) is 0.667. The number of carboxylic acids is 2. The maximum atomic E-state index is 10.5. The predicted molar refractivity (Wildman–Crippen MR) is 64.7 cm³/mol. The number of rotatable bonds is 2. The number of carbonyl (C=O) groups excluding carboxylic acids is 4. The van der Waals surface area contributed by atoms with Gasteiger partial charge in [0.05, 0.1) is 0 Å². The van der Waals surface area contributed by atoms with Crippen molar-refractivity contribution in [3.63, 3.8) is 0 Å². The second-order valence-electron chi connectivity index (χ2n) is 5.73. The predicted octanol–water partition coefficient (Wildman–Crippen LogP) is -1.68. The first-order valence-electron chi connectivity index (χ1n) is 5.22. The molecule has 0 amide bonds. The fourth-order valence-corrected chi connectivity index (χ4v) is 0.612. The minimum atomic E-state index is -1.61. The largest absolute Gasteiger partial charge is 2.00 e. The maximum absolute atomic E-state index is 10.5. The SMILES string of the molecule is CC(C)(C)C(=O)C(=O)[O-].CC(C)(C)C(=O)C(=O)[O-].[Mg+2]. The van der Waals surface area contributed by atoms with Gasteiger partial charge in [-0.05, 0) is 0 Å². The third-order valence-corrected chi connectivity index (χ3v) is 1.73. The maximum Gasteiger partial charge on any atom is 2.00 e. The molecular weight excluding hydrogens is 264 g/mol. The van der Waals surface area contributed by atoms with Crippen LogP contribution < -0.4 is 10.2 Å². The number of aliphatic carboxylic acids is 2. The second-order valence-corrected chi connectivity index (χ2v) is 5.73. The van der Waals surface area contributed by atoms with Crippen LogP contribution in [-0.4, -0.2) is 46.6 Å². The average Bonchev–Trinajstić information content (AvgIpc) is 2.13. The van der Waals surface area contributed by atoms with Gasteiger partial charge in [-0.15, -0.1) is 0 Å². The van der Waals surface area contributed by atoms with Crippen LogP contribution >= 0.6 is 0 Å². The molecule has 0 bridgehead atoms. The molecule has 0 aromatic rings. The molecule has 0 saturated heterocycles. The monoisotopic (exact) mass is 282 g/mol. The normalized spacial score (nSPS) is 10.4. The topological polar surface area (TPSA) is 114 Å². The van der Waals surface area contributed by atoms with Crippen molar-refractivity contribution in [3.05, 3.63) is 0 Å². The molecule has 0 spiro atoms. The van der Waals surface area contributed by atoms with Gasteiger partial charge in [-0.3, -0.25) is 9.59 Å². The van der Waals surface area contributed by atoms with Gasteiger partial charge < -0.3 is 19.8 Å². The molecule has 0 aliphatic rings. The van der Waals surface area contributed by atoms with Gasteiger partial charge in [0.25, 0.3) is 0 Å². The van der Waals surface area contributed by atoms with E-state index >= 15 is 0 Å². The van der Waals surface area contributed by atoms with E-state index in [0.29, 0.717) is 0 Å². The zero-order chi connectivity index (χ0) is 15.3. The molecule has 0 aliphatic heterocycles. The first-order valence-corrected chi connectivity index (χ1v) is 5.22. The Morgan fingerprint density at radius 2 is 0.789 bits per heavy atom.